The average Bonchev–Trinajstić information content (AvgIpc) is 3.40. The molecule has 2 atom stereocenters. The molecule has 0 rings (SSSR count). The predicted molar refractivity (Wildman–Crippen MR) is 327 cm³/mol. The molecule has 73 heavy (non-hydrogen) atoms. The minimum absolute atomic E-state index is 0.0200. The predicted octanol–water partition coefficient (Wildman–Crippen LogP) is 23.4. The molecule has 0 aromatic rings. The number of amides is 1. The van der Waals surface area contributed by atoms with Crippen molar-refractivity contribution in [1.82, 2.24) is 5.32 Å². The van der Waals surface area contributed by atoms with Gasteiger partial charge in [0.15, 0.2) is 0 Å². The summed E-state index contributed by atoms with van der Waals surface area (Å²) in [6.45, 7) is 4.42. The first kappa shape index (κ1) is 72.4. The van der Waals surface area contributed by atoms with Crippen LogP contribution in [0.2, 0.25) is 0 Å². The lowest BCUT2D eigenvalue weighted by Gasteiger charge is -2.22. The summed E-state index contributed by atoms with van der Waals surface area (Å²) in [7, 11) is 0. The van der Waals surface area contributed by atoms with E-state index in [0.717, 1.165) is 25.7 Å². The molecule has 0 aliphatic rings. The van der Waals surface area contributed by atoms with Crippen LogP contribution in [0.5, 0.6) is 0 Å². The van der Waals surface area contributed by atoms with Crippen LogP contribution in [0.15, 0.2) is 0 Å². The first-order valence-corrected chi connectivity index (χ1v) is 34.7. The van der Waals surface area contributed by atoms with Crippen molar-refractivity contribution < 1.29 is 15.0 Å². The topological polar surface area (TPSA) is 69.6 Å². The van der Waals surface area contributed by atoms with Crippen LogP contribution < -0.4 is 5.32 Å². The molecule has 0 saturated heterocycles. The van der Waals surface area contributed by atoms with Crippen molar-refractivity contribution in [3.8, 4) is 0 Å². The minimum atomic E-state index is -0.656. The molecule has 0 saturated carbocycles. The number of aliphatic hydroxyl groups is 2. The van der Waals surface area contributed by atoms with Crippen molar-refractivity contribution in [1.29, 1.82) is 0 Å². The lowest BCUT2D eigenvalue weighted by molar-refractivity contribution is -0.123. The number of hydrogen-bond donors (Lipinski definition) is 3. The molecule has 0 aliphatic carbocycles. The zero-order valence-electron chi connectivity index (χ0n) is 50.7. The third-order valence-electron chi connectivity index (χ3n) is 16.9. The summed E-state index contributed by atoms with van der Waals surface area (Å²) in [5, 5.41) is 23.4. The fourth-order valence-electron chi connectivity index (χ4n) is 11.6. The Morgan fingerprint density at radius 2 is 0.438 bits per heavy atom. The molecule has 2 unspecified atom stereocenters. The molecule has 0 aromatic heterocycles. The highest BCUT2D eigenvalue weighted by molar-refractivity contribution is 5.76. The van der Waals surface area contributed by atoms with Crippen LogP contribution >= 0.6 is 0 Å². The van der Waals surface area contributed by atoms with E-state index in [1.54, 1.807) is 0 Å². The number of rotatable bonds is 66. The first-order valence-electron chi connectivity index (χ1n) is 34.7. The van der Waals surface area contributed by atoms with Crippen LogP contribution in [-0.4, -0.2) is 34.9 Å². The van der Waals surface area contributed by atoms with E-state index in [1.807, 2.05) is 0 Å². The van der Waals surface area contributed by atoms with Gasteiger partial charge < -0.3 is 15.5 Å². The number of nitrogens with one attached hydrogen (secondary N) is 1. The second-order valence-corrected chi connectivity index (χ2v) is 24.3. The van der Waals surface area contributed by atoms with Crippen molar-refractivity contribution in [3.63, 3.8) is 0 Å². The van der Waals surface area contributed by atoms with Gasteiger partial charge in [-0.25, -0.2) is 0 Å². The van der Waals surface area contributed by atoms with Crippen molar-refractivity contribution in [2.75, 3.05) is 6.61 Å². The number of carbonyl (C=O) groups is 1. The van der Waals surface area contributed by atoms with Gasteiger partial charge in [0.2, 0.25) is 5.91 Å². The molecule has 438 valence electrons. The van der Waals surface area contributed by atoms with Gasteiger partial charge in [0.25, 0.3) is 0 Å². The maximum Gasteiger partial charge on any atom is 0.220 e. The van der Waals surface area contributed by atoms with Crippen LogP contribution in [0.1, 0.15) is 418 Å². The quantitative estimate of drug-likeness (QED) is 0.0532. The van der Waals surface area contributed by atoms with Crippen molar-refractivity contribution in [2.24, 2.45) is 0 Å². The van der Waals surface area contributed by atoms with E-state index in [0.29, 0.717) is 12.8 Å². The van der Waals surface area contributed by atoms with Crippen LogP contribution in [-0.2, 0) is 4.79 Å². The first-order chi connectivity index (χ1) is 36.2. The highest BCUT2D eigenvalue weighted by atomic mass is 16.3. The average molecular weight is 1030 g/mol. The fourth-order valence-corrected chi connectivity index (χ4v) is 11.6. The van der Waals surface area contributed by atoms with Crippen molar-refractivity contribution >= 4 is 5.91 Å². The van der Waals surface area contributed by atoms with E-state index >= 15 is 0 Å². The van der Waals surface area contributed by atoms with Crippen LogP contribution in [0.4, 0.5) is 0 Å². The molecule has 0 aliphatic heterocycles. The highest BCUT2D eigenvalue weighted by Crippen LogP contribution is 2.20. The van der Waals surface area contributed by atoms with Crippen molar-refractivity contribution in [2.45, 2.75) is 431 Å². The zero-order valence-corrected chi connectivity index (χ0v) is 50.7. The second kappa shape index (κ2) is 65.7. The maximum atomic E-state index is 12.5. The van der Waals surface area contributed by atoms with E-state index in [1.165, 1.54) is 366 Å². The summed E-state index contributed by atoms with van der Waals surface area (Å²) in [5.41, 5.74) is 0. The summed E-state index contributed by atoms with van der Waals surface area (Å²) in [6, 6.07) is -0.532. The minimum Gasteiger partial charge on any atom is -0.394 e. The number of carbonyl (C=O) groups excluding carboxylic acids is 1. The molecule has 0 radical (unpaired) electrons. The van der Waals surface area contributed by atoms with E-state index in [9.17, 15) is 15.0 Å². The Morgan fingerprint density at radius 3 is 0.616 bits per heavy atom. The molecule has 0 bridgehead atoms. The van der Waals surface area contributed by atoms with E-state index in [4.69, 9.17) is 0 Å². The van der Waals surface area contributed by atoms with Gasteiger partial charge in [-0.05, 0) is 12.8 Å². The summed E-state index contributed by atoms with van der Waals surface area (Å²) in [6.07, 6.45) is 86.0. The summed E-state index contributed by atoms with van der Waals surface area (Å²) >= 11 is 0. The van der Waals surface area contributed by atoms with Crippen LogP contribution in [0.3, 0.4) is 0 Å². The molecule has 0 spiro atoms. The number of hydrogen-bond acceptors (Lipinski definition) is 3. The van der Waals surface area contributed by atoms with E-state index < -0.39 is 12.1 Å². The van der Waals surface area contributed by atoms with Gasteiger partial charge in [-0.2, -0.15) is 0 Å². The molecule has 0 aromatic carbocycles. The SMILES string of the molecule is CCCCCCCCCCCCCCCCCCCCCCCCCCCCCCCCCCCCCCCCCCCC(=O)NC(CO)C(O)CCCCCCCCCCCCCCCCCCCCCC. The Kier molecular flexibility index (Phi) is 65.1. The van der Waals surface area contributed by atoms with Gasteiger partial charge in [0.05, 0.1) is 18.8 Å². The molecule has 4 heteroatoms. The van der Waals surface area contributed by atoms with E-state index in [2.05, 4.69) is 19.2 Å². The van der Waals surface area contributed by atoms with Gasteiger partial charge >= 0.3 is 0 Å². The monoisotopic (exact) mass is 1030 g/mol. The maximum absolute atomic E-state index is 12.5. The molecule has 3 N–H and O–H groups in total. The highest BCUT2D eigenvalue weighted by Gasteiger charge is 2.20. The largest absolute Gasteiger partial charge is 0.394 e. The van der Waals surface area contributed by atoms with Crippen LogP contribution in [0, 0.1) is 0 Å². The fraction of sp³-hybridized carbons (Fsp3) is 0.986. The third-order valence-corrected chi connectivity index (χ3v) is 16.9. The van der Waals surface area contributed by atoms with Crippen molar-refractivity contribution in [3.05, 3.63) is 0 Å². The Hall–Kier alpha value is -0.610. The lowest BCUT2D eigenvalue weighted by atomic mass is 10.0. The molecule has 0 heterocycles. The molecule has 4 nitrogen and oxygen atoms in total. The molecular weight excluding hydrogens is 891 g/mol. The standard InChI is InChI=1S/C69H139NO3/c1-3-5-7-9-11-13-15-17-19-21-23-25-26-27-28-29-30-31-32-33-34-35-36-37-38-39-40-41-42-43-44-45-47-49-51-53-55-57-59-61-63-65-69(73)70-67(66-71)68(72)64-62-60-58-56-54-52-50-48-46-24-22-20-18-16-14-12-10-8-6-4-2/h67-68,71-72H,3-66H2,1-2H3,(H,70,73). The van der Waals surface area contributed by atoms with E-state index in [-0.39, 0.29) is 12.5 Å². The van der Waals surface area contributed by atoms with Crippen LogP contribution in [0.25, 0.3) is 0 Å². The zero-order chi connectivity index (χ0) is 52.7. The lowest BCUT2D eigenvalue weighted by Crippen LogP contribution is -2.45. The Labute approximate surface area is 461 Å². The Morgan fingerprint density at radius 1 is 0.274 bits per heavy atom. The van der Waals surface area contributed by atoms with Gasteiger partial charge in [-0.1, -0.05) is 399 Å². The summed E-state index contributed by atoms with van der Waals surface area (Å²) < 4.78 is 0. The number of unbranched alkanes of at least 4 members (excludes halogenated alkanes) is 59. The van der Waals surface area contributed by atoms with Gasteiger partial charge in [0, 0.05) is 6.42 Å². The summed E-state index contributed by atoms with van der Waals surface area (Å²) in [4.78, 5) is 12.5. The van der Waals surface area contributed by atoms with Gasteiger partial charge in [-0.3, -0.25) is 4.79 Å². The second-order valence-electron chi connectivity index (χ2n) is 24.3. The van der Waals surface area contributed by atoms with Gasteiger partial charge in [-0.15, -0.1) is 0 Å². The Balaban J connectivity index is 3.32. The summed E-state index contributed by atoms with van der Waals surface area (Å²) in [5.74, 6) is -0.0200. The molecule has 1 amide bonds. The molecule has 0 fully saturated rings. The Bertz CT molecular complexity index is 987. The number of aliphatic hydroxyl groups excluding tert-OH is 2. The molecular formula is C69H139NO3. The third kappa shape index (κ3) is 62.1. The normalized spacial score (nSPS) is 12.5. The van der Waals surface area contributed by atoms with Gasteiger partial charge in [0.1, 0.15) is 0 Å². The smallest absolute Gasteiger partial charge is 0.220 e.